The summed E-state index contributed by atoms with van der Waals surface area (Å²) in [6.45, 7) is 11.5. The summed E-state index contributed by atoms with van der Waals surface area (Å²) >= 11 is 7.60. The third kappa shape index (κ3) is 11.2. The summed E-state index contributed by atoms with van der Waals surface area (Å²) < 4.78 is 2.12. The Bertz CT molecular complexity index is 2860. The van der Waals surface area contributed by atoms with E-state index in [9.17, 15) is 0 Å². The molecule has 0 radical (unpaired) electrons. The van der Waals surface area contributed by atoms with E-state index in [1.165, 1.54) is 126 Å². The molecule has 0 aliphatic carbocycles. The average molecular weight is 999 g/mol. The van der Waals surface area contributed by atoms with E-state index in [2.05, 4.69) is 234 Å². The topological polar surface area (TPSA) is 6.48 Å². The summed E-state index contributed by atoms with van der Waals surface area (Å²) in [5, 5.41) is 4.95. The van der Waals surface area contributed by atoms with Crippen LogP contribution in [0.25, 0.3) is 32.7 Å². The van der Waals surface area contributed by atoms with Crippen molar-refractivity contribution in [3.05, 3.63) is 189 Å². The lowest BCUT2D eigenvalue weighted by atomic mass is 9.87. The van der Waals surface area contributed by atoms with E-state index in [1.54, 1.807) is 0 Å². The fourth-order valence-corrected chi connectivity index (χ4v) is 10.6. The zero-order valence-electron chi connectivity index (χ0n) is 39.7. The first kappa shape index (κ1) is 47.3. The summed E-state index contributed by atoms with van der Waals surface area (Å²) in [4.78, 5) is 4.82. The first-order valence-corrected chi connectivity index (χ1v) is 26.2. The van der Waals surface area contributed by atoms with Crippen molar-refractivity contribution >= 4 is 87.5 Å². The van der Waals surface area contributed by atoms with Gasteiger partial charge < -0.3 is 9.80 Å². The normalized spacial score (nSPS) is 11.9. The van der Waals surface area contributed by atoms with Crippen LogP contribution in [-0.4, -0.2) is 0 Å². The van der Waals surface area contributed by atoms with Gasteiger partial charge in [0.1, 0.15) is 0 Å². The Kier molecular flexibility index (Phi) is 16.2. The third-order valence-corrected chi connectivity index (χ3v) is 14.5. The van der Waals surface area contributed by atoms with E-state index in [0.29, 0.717) is 5.92 Å². The monoisotopic (exact) mass is 996 g/mol. The van der Waals surface area contributed by atoms with E-state index >= 15 is 0 Å². The molecule has 0 aliphatic heterocycles. The second kappa shape index (κ2) is 22.6. The number of fused-ring (bicyclic) bond motifs is 2. The zero-order valence-corrected chi connectivity index (χ0v) is 42.9. The maximum atomic E-state index is 3.80. The van der Waals surface area contributed by atoms with Gasteiger partial charge in [0, 0.05) is 43.1 Å². The molecular formula is C62H66Br2N2. The highest BCUT2D eigenvalue weighted by molar-refractivity contribution is 9.10. The number of hydrogen-bond acceptors (Lipinski definition) is 2. The van der Waals surface area contributed by atoms with E-state index in [1.807, 2.05) is 0 Å². The van der Waals surface area contributed by atoms with Gasteiger partial charge in [0.25, 0.3) is 0 Å². The van der Waals surface area contributed by atoms with E-state index < -0.39 is 0 Å². The lowest BCUT2D eigenvalue weighted by Gasteiger charge is -2.28. The Morgan fingerprint density at radius 1 is 0.424 bits per heavy atom. The molecule has 2 nitrogen and oxygen atoms in total. The number of benzene rings is 8. The standard InChI is InChI=1S/C62H66Br2N2/c1-6-8-10-12-13-15-19-47-26-34-53(35-27-47)65(55-22-16-20-51(63)40-55)57-38-32-49-28-24-45(4)61(59(49)42-57)62-46(5)25-29-50-33-39-58(43-60(50)62)66(56-23-17-21-52(64)41-56)54-36-30-48(31-37-54)44(3)18-14-11-9-7-2/h16-17,20-44H,6-15,18-19H2,1-5H3. The van der Waals surface area contributed by atoms with Crippen molar-refractivity contribution in [2.24, 2.45) is 0 Å². The number of hydrogen-bond donors (Lipinski definition) is 0. The molecule has 8 rings (SSSR count). The zero-order chi connectivity index (χ0) is 46.0. The molecule has 0 aromatic heterocycles. The molecule has 1 atom stereocenters. The van der Waals surface area contributed by atoms with Gasteiger partial charge in [-0.25, -0.2) is 0 Å². The van der Waals surface area contributed by atoms with Crippen LogP contribution in [0.4, 0.5) is 34.1 Å². The largest absolute Gasteiger partial charge is 0.310 e. The van der Waals surface area contributed by atoms with Crippen molar-refractivity contribution in [3.63, 3.8) is 0 Å². The number of anilines is 6. The van der Waals surface area contributed by atoms with Crippen LogP contribution in [0.3, 0.4) is 0 Å². The van der Waals surface area contributed by atoms with Gasteiger partial charge in [-0.3, -0.25) is 0 Å². The number of rotatable bonds is 20. The SMILES string of the molecule is CCCCCCCCc1ccc(N(c2cccc(Br)c2)c2ccc3ccc(C)c(-c4c(C)ccc5ccc(N(c6ccc(C(C)CCCCCC)cc6)c6cccc(Br)c6)cc45)c3c2)cc1. The Hall–Kier alpha value is -5.16. The molecule has 8 aromatic carbocycles. The van der Waals surface area contributed by atoms with Gasteiger partial charge in [0.2, 0.25) is 0 Å². The first-order valence-electron chi connectivity index (χ1n) is 24.6. The number of halogens is 2. The molecular weight excluding hydrogens is 933 g/mol. The minimum Gasteiger partial charge on any atom is -0.310 e. The Morgan fingerprint density at radius 3 is 1.35 bits per heavy atom. The van der Waals surface area contributed by atoms with Crippen LogP contribution < -0.4 is 9.80 Å². The number of aryl methyl sites for hydroxylation is 3. The Morgan fingerprint density at radius 2 is 0.848 bits per heavy atom. The maximum Gasteiger partial charge on any atom is 0.0472 e. The van der Waals surface area contributed by atoms with Gasteiger partial charge in [0.05, 0.1) is 0 Å². The van der Waals surface area contributed by atoms with Gasteiger partial charge in [-0.05, 0) is 179 Å². The molecule has 0 aliphatic rings. The molecule has 0 saturated heterocycles. The lowest BCUT2D eigenvalue weighted by Crippen LogP contribution is -2.10. The molecule has 4 heteroatoms. The minimum atomic E-state index is 0.535. The van der Waals surface area contributed by atoms with Crippen LogP contribution >= 0.6 is 31.9 Å². The van der Waals surface area contributed by atoms with Crippen LogP contribution in [0.15, 0.2) is 167 Å². The van der Waals surface area contributed by atoms with Gasteiger partial charge >= 0.3 is 0 Å². The summed E-state index contributed by atoms with van der Waals surface area (Å²) in [5.41, 5.74) is 14.7. The molecule has 0 N–H and O–H groups in total. The van der Waals surface area contributed by atoms with Gasteiger partial charge in [-0.2, -0.15) is 0 Å². The maximum absolute atomic E-state index is 3.80. The van der Waals surface area contributed by atoms with Crippen LogP contribution in [-0.2, 0) is 6.42 Å². The highest BCUT2D eigenvalue weighted by Crippen LogP contribution is 2.45. The van der Waals surface area contributed by atoms with Crippen molar-refractivity contribution in [3.8, 4) is 11.1 Å². The molecule has 0 spiro atoms. The van der Waals surface area contributed by atoms with E-state index in [-0.39, 0.29) is 0 Å². The van der Waals surface area contributed by atoms with Gasteiger partial charge in [0.15, 0.2) is 0 Å². The predicted molar refractivity (Wildman–Crippen MR) is 295 cm³/mol. The molecule has 338 valence electrons. The van der Waals surface area contributed by atoms with Crippen molar-refractivity contribution < 1.29 is 0 Å². The van der Waals surface area contributed by atoms with Crippen LogP contribution in [0.5, 0.6) is 0 Å². The highest BCUT2D eigenvalue weighted by atomic mass is 79.9. The van der Waals surface area contributed by atoms with E-state index in [4.69, 9.17) is 0 Å². The Labute approximate surface area is 412 Å². The van der Waals surface area contributed by atoms with Crippen molar-refractivity contribution in [1.82, 2.24) is 0 Å². The predicted octanol–water partition coefficient (Wildman–Crippen LogP) is 20.7. The molecule has 0 amide bonds. The second-order valence-corrected chi connectivity index (χ2v) is 20.3. The molecule has 8 aromatic rings. The van der Waals surface area contributed by atoms with E-state index in [0.717, 1.165) is 49.5 Å². The number of unbranched alkanes of at least 4 members (excludes halogenated alkanes) is 8. The van der Waals surface area contributed by atoms with Gasteiger partial charge in [-0.15, -0.1) is 0 Å². The quantitative estimate of drug-likeness (QED) is 0.0702. The Balaban J connectivity index is 1.21. The molecule has 66 heavy (non-hydrogen) atoms. The van der Waals surface area contributed by atoms with Crippen LogP contribution in [0.2, 0.25) is 0 Å². The minimum absolute atomic E-state index is 0.535. The van der Waals surface area contributed by atoms with Crippen molar-refractivity contribution in [1.29, 1.82) is 0 Å². The lowest BCUT2D eigenvalue weighted by molar-refractivity contribution is 0.580. The average Bonchev–Trinajstić information content (AvgIpc) is 3.33. The highest BCUT2D eigenvalue weighted by Gasteiger charge is 2.20. The smallest absolute Gasteiger partial charge is 0.0472 e. The fourth-order valence-electron chi connectivity index (χ4n) is 9.82. The van der Waals surface area contributed by atoms with Crippen LogP contribution in [0, 0.1) is 13.8 Å². The summed E-state index contributed by atoms with van der Waals surface area (Å²) in [6, 6.07) is 59.2. The third-order valence-electron chi connectivity index (χ3n) is 13.6. The summed E-state index contributed by atoms with van der Waals surface area (Å²) in [6.07, 6.45) is 15.4. The molecule has 1 unspecified atom stereocenters. The molecule has 0 bridgehead atoms. The number of nitrogens with zero attached hydrogens (tertiary/aromatic N) is 2. The van der Waals surface area contributed by atoms with Gasteiger partial charge in [-0.1, -0.05) is 183 Å². The summed E-state index contributed by atoms with van der Waals surface area (Å²) in [5.74, 6) is 0.535. The molecule has 0 fully saturated rings. The first-order chi connectivity index (χ1) is 32.2. The van der Waals surface area contributed by atoms with Crippen molar-refractivity contribution in [2.75, 3.05) is 9.80 Å². The second-order valence-electron chi connectivity index (χ2n) is 18.5. The van der Waals surface area contributed by atoms with Crippen molar-refractivity contribution in [2.45, 2.75) is 118 Å². The van der Waals surface area contributed by atoms with Crippen LogP contribution in [0.1, 0.15) is 120 Å². The molecule has 0 saturated carbocycles. The summed E-state index contributed by atoms with van der Waals surface area (Å²) in [7, 11) is 0. The fraction of sp³-hybridized carbons (Fsp3) is 0.290. The molecule has 0 heterocycles.